The average molecular weight is 224 g/mol. The van der Waals surface area contributed by atoms with Gasteiger partial charge in [-0.1, -0.05) is 12.8 Å². The molecule has 1 aliphatic heterocycles. The normalized spacial score (nSPS) is 24.6. The van der Waals surface area contributed by atoms with Crippen LogP contribution in [0.1, 0.15) is 13.3 Å². The predicted molar refractivity (Wildman–Crippen MR) is 58.7 cm³/mol. The van der Waals surface area contributed by atoms with E-state index in [1.165, 1.54) is 4.90 Å². The van der Waals surface area contributed by atoms with E-state index in [4.69, 9.17) is 11.5 Å². The van der Waals surface area contributed by atoms with Crippen LogP contribution in [0, 0.1) is 24.2 Å². The number of carboxylic acids is 1. The Bertz CT molecular complexity index is 322. The highest BCUT2D eigenvalue weighted by Gasteiger charge is 2.31. The molecule has 2 amide bonds. The Morgan fingerprint density at radius 3 is 2.81 bits per heavy atom. The highest BCUT2D eigenvalue weighted by Crippen LogP contribution is 2.21. The van der Waals surface area contributed by atoms with Gasteiger partial charge in [-0.3, -0.25) is 4.79 Å². The minimum Gasteiger partial charge on any atom is -0.481 e. The van der Waals surface area contributed by atoms with Crippen molar-refractivity contribution < 1.29 is 14.7 Å². The number of hydrogen-bond acceptors (Lipinski definition) is 2. The van der Waals surface area contributed by atoms with Crippen LogP contribution in [-0.4, -0.2) is 41.6 Å². The first-order valence-corrected chi connectivity index (χ1v) is 5.23. The van der Waals surface area contributed by atoms with Crippen molar-refractivity contribution in [3.63, 3.8) is 0 Å². The van der Waals surface area contributed by atoms with Crippen LogP contribution in [0.25, 0.3) is 0 Å². The average Bonchev–Trinajstić information content (AvgIpc) is 2.24. The zero-order valence-corrected chi connectivity index (χ0v) is 9.27. The zero-order chi connectivity index (χ0) is 12.1. The Morgan fingerprint density at radius 2 is 2.25 bits per heavy atom. The summed E-state index contributed by atoms with van der Waals surface area (Å²) in [5.74, 6) is 1.19. The van der Waals surface area contributed by atoms with E-state index < -0.39 is 11.9 Å². The summed E-state index contributed by atoms with van der Waals surface area (Å²) in [6.07, 6.45) is 5.65. The largest absolute Gasteiger partial charge is 0.481 e. The van der Waals surface area contributed by atoms with E-state index in [1.54, 1.807) is 0 Å². The molecular formula is C11H16N2O3. The van der Waals surface area contributed by atoms with Crippen LogP contribution in [0.4, 0.5) is 4.79 Å². The lowest BCUT2D eigenvalue weighted by molar-refractivity contribution is -0.143. The number of piperidine rings is 1. The van der Waals surface area contributed by atoms with E-state index in [1.807, 2.05) is 6.92 Å². The number of carboxylic acid groups (broad SMARTS) is 1. The first kappa shape index (κ1) is 12.4. The third-order valence-corrected chi connectivity index (χ3v) is 2.64. The summed E-state index contributed by atoms with van der Waals surface area (Å²) in [5.41, 5.74) is 0. The quantitative estimate of drug-likeness (QED) is 0.666. The van der Waals surface area contributed by atoms with Gasteiger partial charge < -0.3 is 15.3 Å². The van der Waals surface area contributed by atoms with E-state index in [0.29, 0.717) is 13.0 Å². The fourth-order valence-electron chi connectivity index (χ4n) is 1.93. The van der Waals surface area contributed by atoms with Crippen LogP contribution in [0.5, 0.6) is 0 Å². The number of nitrogens with one attached hydrogen (secondary N) is 1. The number of terminal acetylenes is 1. The second-order valence-corrected chi connectivity index (χ2v) is 4.14. The first-order valence-electron chi connectivity index (χ1n) is 5.23. The highest BCUT2D eigenvalue weighted by molar-refractivity contribution is 5.76. The van der Waals surface area contributed by atoms with Gasteiger partial charge in [-0.15, -0.1) is 6.42 Å². The summed E-state index contributed by atoms with van der Waals surface area (Å²) in [7, 11) is 0. The molecule has 1 saturated heterocycles. The first-order chi connectivity index (χ1) is 7.54. The van der Waals surface area contributed by atoms with E-state index in [0.717, 1.165) is 0 Å². The minimum absolute atomic E-state index is 0.168. The van der Waals surface area contributed by atoms with Crippen molar-refractivity contribution in [2.24, 2.45) is 11.8 Å². The van der Waals surface area contributed by atoms with Crippen molar-refractivity contribution >= 4 is 12.0 Å². The molecule has 2 unspecified atom stereocenters. The standard InChI is InChI=1S/C11H16N2O3/c1-3-4-12-11(16)13-6-8(2)5-9(7-13)10(14)15/h1,8-9H,4-7H2,2H3,(H,12,16)(H,14,15). The van der Waals surface area contributed by atoms with Gasteiger partial charge in [0.05, 0.1) is 12.5 Å². The predicted octanol–water partition coefficient (Wildman–Crippen LogP) is 0.372. The number of rotatable bonds is 2. The summed E-state index contributed by atoms with van der Waals surface area (Å²) in [5, 5.41) is 11.5. The molecular weight excluding hydrogens is 208 g/mol. The Kier molecular flexibility index (Phi) is 4.18. The zero-order valence-electron chi connectivity index (χ0n) is 9.27. The van der Waals surface area contributed by atoms with Gasteiger partial charge in [-0.25, -0.2) is 4.79 Å². The van der Waals surface area contributed by atoms with E-state index >= 15 is 0 Å². The Morgan fingerprint density at radius 1 is 1.56 bits per heavy atom. The lowest BCUT2D eigenvalue weighted by Crippen LogP contribution is -2.49. The molecule has 1 aliphatic rings. The smallest absolute Gasteiger partial charge is 0.318 e. The van der Waals surface area contributed by atoms with Gasteiger partial charge in [0.15, 0.2) is 0 Å². The van der Waals surface area contributed by atoms with Gasteiger partial charge in [0, 0.05) is 13.1 Å². The molecule has 88 valence electrons. The number of nitrogens with zero attached hydrogens (tertiary/aromatic N) is 1. The molecule has 1 heterocycles. The van der Waals surface area contributed by atoms with Gasteiger partial charge in [0.2, 0.25) is 0 Å². The molecule has 0 spiro atoms. The summed E-state index contributed by atoms with van der Waals surface area (Å²) >= 11 is 0. The summed E-state index contributed by atoms with van der Waals surface area (Å²) in [4.78, 5) is 24.0. The summed E-state index contributed by atoms with van der Waals surface area (Å²) < 4.78 is 0. The second-order valence-electron chi connectivity index (χ2n) is 4.14. The van der Waals surface area contributed by atoms with Crippen molar-refractivity contribution in [1.29, 1.82) is 0 Å². The molecule has 0 bridgehead atoms. The van der Waals surface area contributed by atoms with Crippen molar-refractivity contribution in [1.82, 2.24) is 10.2 Å². The SMILES string of the molecule is C#CCNC(=O)N1CC(C)CC(C(=O)O)C1. The molecule has 0 aromatic heterocycles. The molecule has 2 atom stereocenters. The van der Waals surface area contributed by atoms with Crippen molar-refractivity contribution in [3.8, 4) is 12.3 Å². The number of aliphatic carboxylic acids is 1. The fourth-order valence-corrected chi connectivity index (χ4v) is 1.93. The van der Waals surface area contributed by atoms with Crippen molar-refractivity contribution in [3.05, 3.63) is 0 Å². The molecule has 5 heteroatoms. The number of hydrogen-bond donors (Lipinski definition) is 2. The van der Waals surface area contributed by atoms with E-state index in [9.17, 15) is 9.59 Å². The molecule has 5 nitrogen and oxygen atoms in total. The van der Waals surface area contributed by atoms with E-state index in [2.05, 4.69) is 11.2 Å². The number of carbonyl (C=O) groups excluding carboxylic acids is 1. The van der Waals surface area contributed by atoms with Gasteiger partial charge >= 0.3 is 12.0 Å². The number of carbonyl (C=O) groups is 2. The minimum atomic E-state index is -0.846. The number of amides is 2. The second kappa shape index (κ2) is 5.40. The Hall–Kier alpha value is -1.70. The van der Waals surface area contributed by atoms with E-state index in [-0.39, 0.29) is 25.0 Å². The Labute approximate surface area is 94.8 Å². The molecule has 0 aliphatic carbocycles. The van der Waals surface area contributed by atoms with Crippen molar-refractivity contribution in [2.45, 2.75) is 13.3 Å². The monoisotopic (exact) mass is 224 g/mol. The van der Waals surface area contributed by atoms with Gasteiger partial charge in [-0.05, 0) is 12.3 Å². The van der Waals surface area contributed by atoms with Gasteiger partial charge in [0.25, 0.3) is 0 Å². The summed E-state index contributed by atoms with van der Waals surface area (Å²) in [6, 6.07) is -0.282. The third-order valence-electron chi connectivity index (χ3n) is 2.64. The van der Waals surface area contributed by atoms with Crippen LogP contribution < -0.4 is 5.32 Å². The molecule has 16 heavy (non-hydrogen) atoms. The molecule has 0 aromatic rings. The molecule has 0 radical (unpaired) electrons. The van der Waals surface area contributed by atoms with Crippen LogP contribution in [0.3, 0.4) is 0 Å². The molecule has 2 N–H and O–H groups in total. The lowest BCUT2D eigenvalue weighted by Gasteiger charge is -2.34. The van der Waals surface area contributed by atoms with Gasteiger partial charge in [0.1, 0.15) is 0 Å². The lowest BCUT2D eigenvalue weighted by atomic mass is 9.91. The van der Waals surface area contributed by atoms with Crippen LogP contribution in [-0.2, 0) is 4.79 Å². The fraction of sp³-hybridized carbons (Fsp3) is 0.636. The third kappa shape index (κ3) is 3.16. The van der Waals surface area contributed by atoms with Crippen molar-refractivity contribution in [2.75, 3.05) is 19.6 Å². The summed E-state index contributed by atoms with van der Waals surface area (Å²) in [6.45, 7) is 2.95. The maximum atomic E-state index is 11.6. The highest BCUT2D eigenvalue weighted by atomic mass is 16.4. The van der Waals surface area contributed by atoms with Crippen LogP contribution in [0.2, 0.25) is 0 Å². The number of likely N-dealkylation sites (tertiary alicyclic amines) is 1. The molecule has 1 fully saturated rings. The van der Waals surface area contributed by atoms with Crippen LogP contribution in [0.15, 0.2) is 0 Å². The topological polar surface area (TPSA) is 69.6 Å². The molecule has 0 aromatic carbocycles. The maximum Gasteiger partial charge on any atom is 0.318 e. The molecule has 1 rings (SSSR count). The van der Waals surface area contributed by atoms with Crippen LogP contribution >= 0.6 is 0 Å². The maximum absolute atomic E-state index is 11.6. The Balaban J connectivity index is 2.57. The van der Waals surface area contributed by atoms with Gasteiger partial charge in [-0.2, -0.15) is 0 Å². The molecule has 0 saturated carbocycles. The number of urea groups is 1.